The summed E-state index contributed by atoms with van der Waals surface area (Å²) >= 11 is 0. The molecule has 0 radical (unpaired) electrons. The van der Waals surface area contributed by atoms with Crippen LogP contribution < -0.4 is 9.79 Å². The van der Waals surface area contributed by atoms with Crippen LogP contribution in [0.4, 0.5) is 5.69 Å². The van der Waals surface area contributed by atoms with E-state index in [1.807, 2.05) is 12.1 Å². The van der Waals surface area contributed by atoms with Crippen molar-refractivity contribution in [2.75, 3.05) is 4.31 Å². The lowest BCUT2D eigenvalue weighted by Crippen LogP contribution is -2.29. The molecular formula is C16H16N2O4S. The number of hydrogen-bond acceptors (Lipinski definition) is 4. The Balaban J connectivity index is 2.06. The maximum atomic E-state index is 12.9. The molecular weight excluding hydrogens is 316 g/mol. The van der Waals surface area contributed by atoms with Gasteiger partial charge in [-0.2, -0.15) is 0 Å². The largest absolute Gasteiger partial charge is 0.392 e. The van der Waals surface area contributed by atoms with E-state index in [4.69, 9.17) is 5.21 Å². The minimum Gasteiger partial charge on any atom is -0.392 e. The van der Waals surface area contributed by atoms with Gasteiger partial charge in [0.2, 0.25) is 5.91 Å². The molecule has 1 aliphatic rings. The van der Waals surface area contributed by atoms with Crippen LogP contribution >= 0.6 is 0 Å². The Hall–Kier alpha value is -2.22. The first kappa shape index (κ1) is 15.7. The summed E-state index contributed by atoms with van der Waals surface area (Å²) < 4.78 is 14.5. The van der Waals surface area contributed by atoms with E-state index in [-0.39, 0.29) is 13.0 Å². The maximum absolute atomic E-state index is 12.9. The number of rotatable bonds is 4. The van der Waals surface area contributed by atoms with Crippen molar-refractivity contribution in [3.63, 3.8) is 0 Å². The summed E-state index contributed by atoms with van der Waals surface area (Å²) in [6.45, 7) is -0.122. The molecule has 3 rings (SSSR count). The number of benzene rings is 2. The predicted octanol–water partition coefficient (Wildman–Crippen LogP) is 1.66. The van der Waals surface area contributed by atoms with Crippen LogP contribution in [0, 0.1) is 0 Å². The Bertz CT molecular complexity index is 765. The Labute approximate surface area is 135 Å². The number of hydrogen-bond donors (Lipinski definition) is 3. The van der Waals surface area contributed by atoms with Crippen LogP contribution in [0.25, 0.3) is 0 Å². The molecule has 6 nitrogen and oxygen atoms in total. The van der Waals surface area contributed by atoms with Crippen molar-refractivity contribution in [3.05, 3.63) is 59.7 Å². The zero-order valence-corrected chi connectivity index (χ0v) is 13.0. The molecule has 2 unspecified atom stereocenters. The van der Waals surface area contributed by atoms with E-state index in [1.165, 1.54) is 0 Å². The van der Waals surface area contributed by atoms with Gasteiger partial charge in [0.15, 0.2) is 11.0 Å². The number of nitrogens with one attached hydrogen (secondary N) is 1. The molecule has 0 bridgehead atoms. The summed E-state index contributed by atoms with van der Waals surface area (Å²) in [6.07, 6.45) is -0.0252. The molecule has 7 heteroatoms. The molecule has 1 amide bonds. The normalized spacial score (nSPS) is 19.5. The first-order valence-corrected chi connectivity index (χ1v) is 8.19. The number of amides is 1. The van der Waals surface area contributed by atoms with E-state index in [0.29, 0.717) is 16.1 Å². The molecule has 2 atom stereocenters. The minimum absolute atomic E-state index is 0.0252. The smallest absolute Gasteiger partial charge is 0.245 e. The van der Waals surface area contributed by atoms with Gasteiger partial charge in [-0.15, -0.1) is 0 Å². The van der Waals surface area contributed by atoms with Crippen molar-refractivity contribution >= 4 is 22.6 Å². The zero-order valence-electron chi connectivity index (χ0n) is 12.2. The Morgan fingerprint density at radius 2 is 2.00 bits per heavy atom. The molecule has 0 saturated carbocycles. The molecule has 23 heavy (non-hydrogen) atoms. The SMILES string of the molecule is O=C(CC1c2ccccc2S(=O)N1c1cccc(CO)c1)NO. The van der Waals surface area contributed by atoms with Crippen molar-refractivity contribution in [2.24, 2.45) is 0 Å². The molecule has 3 N–H and O–H groups in total. The van der Waals surface area contributed by atoms with Gasteiger partial charge < -0.3 is 5.11 Å². The highest BCUT2D eigenvalue weighted by Crippen LogP contribution is 2.42. The highest BCUT2D eigenvalue weighted by Gasteiger charge is 2.37. The first-order chi connectivity index (χ1) is 11.2. The van der Waals surface area contributed by atoms with Gasteiger partial charge in [0, 0.05) is 0 Å². The summed E-state index contributed by atoms with van der Waals surface area (Å²) in [5, 5.41) is 18.1. The molecule has 2 aromatic rings. The van der Waals surface area contributed by atoms with Gasteiger partial charge in [0.1, 0.15) is 0 Å². The zero-order chi connectivity index (χ0) is 16.4. The fourth-order valence-electron chi connectivity index (χ4n) is 2.74. The number of hydroxylamine groups is 1. The molecule has 1 heterocycles. The number of anilines is 1. The van der Waals surface area contributed by atoms with Gasteiger partial charge in [-0.3, -0.25) is 14.3 Å². The lowest BCUT2D eigenvalue weighted by atomic mass is 10.0. The molecule has 0 spiro atoms. The summed E-state index contributed by atoms with van der Waals surface area (Å²) in [7, 11) is -1.46. The van der Waals surface area contributed by atoms with Crippen molar-refractivity contribution in [1.29, 1.82) is 0 Å². The van der Waals surface area contributed by atoms with Crippen LogP contribution in [0.2, 0.25) is 0 Å². The second-order valence-electron chi connectivity index (χ2n) is 5.20. The van der Waals surface area contributed by atoms with Crippen molar-refractivity contribution < 1.29 is 19.3 Å². The Morgan fingerprint density at radius 3 is 2.74 bits per heavy atom. The highest BCUT2D eigenvalue weighted by molar-refractivity contribution is 7.87. The van der Waals surface area contributed by atoms with E-state index < -0.39 is 22.9 Å². The summed E-state index contributed by atoms with van der Waals surface area (Å²) in [5.74, 6) is -0.549. The van der Waals surface area contributed by atoms with E-state index in [0.717, 1.165) is 5.56 Å². The third-order valence-corrected chi connectivity index (χ3v) is 5.35. The second kappa shape index (κ2) is 6.49. The standard InChI is InChI=1S/C16H16N2O4S/c19-10-11-4-3-5-12(8-11)18-14(9-16(20)17-21)13-6-1-2-7-15(13)23(18)22/h1-8,14,19,21H,9-10H2,(H,17,20). The Morgan fingerprint density at radius 1 is 1.22 bits per heavy atom. The molecule has 120 valence electrons. The van der Waals surface area contributed by atoms with Gasteiger partial charge in [0.25, 0.3) is 0 Å². The Kier molecular flexibility index (Phi) is 4.42. The van der Waals surface area contributed by atoms with E-state index in [9.17, 15) is 14.1 Å². The monoisotopic (exact) mass is 332 g/mol. The topological polar surface area (TPSA) is 89.9 Å². The lowest BCUT2D eigenvalue weighted by molar-refractivity contribution is -0.129. The fourth-order valence-corrected chi connectivity index (χ4v) is 4.28. The van der Waals surface area contributed by atoms with Crippen LogP contribution in [-0.2, 0) is 22.4 Å². The fraction of sp³-hybridized carbons (Fsp3) is 0.188. The van der Waals surface area contributed by atoms with Crippen LogP contribution in [0.15, 0.2) is 53.4 Å². The molecule has 0 fully saturated rings. The first-order valence-electron chi connectivity index (χ1n) is 7.08. The number of fused-ring (bicyclic) bond motifs is 1. The van der Waals surface area contributed by atoms with E-state index in [1.54, 1.807) is 46.2 Å². The third kappa shape index (κ3) is 2.86. The van der Waals surface area contributed by atoms with Crippen molar-refractivity contribution in [2.45, 2.75) is 24.0 Å². The summed E-state index contributed by atoms with van der Waals surface area (Å²) in [4.78, 5) is 12.3. The molecule has 1 aliphatic heterocycles. The number of aliphatic hydroxyl groups is 1. The number of carbonyl (C=O) groups is 1. The average Bonchev–Trinajstić information content (AvgIpc) is 2.87. The second-order valence-corrected chi connectivity index (χ2v) is 6.53. The van der Waals surface area contributed by atoms with E-state index >= 15 is 0 Å². The molecule has 0 aromatic heterocycles. The third-order valence-electron chi connectivity index (χ3n) is 3.78. The van der Waals surface area contributed by atoms with Gasteiger partial charge >= 0.3 is 0 Å². The van der Waals surface area contributed by atoms with Crippen molar-refractivity contribution in [1.82, 2.24) is 5.48 Å². The van der Waals surface area contributed by atoms with Crippen LogP contribution in [0.1, 0.15) is 23.6 Å². The van der Waals surface area contributed by atoms with Crippen molar-refractivity contribution in [3.8, 4) is 0 Å². The van der Waals surface area contributed by atoms with Gasteiger partial charge in [-0.25, -0.2) is 9.69 Å². The van der Waals surface area contributed by atoms with Gasteiger partial charge in [0.05, 0.1) is 29.7 Å². The number of carbonyl (C=O) groups excluding carboxylic acids is 1. The highest BCUT2D eigenvalue weighted by atomic mass is 32.2. The van der Waals surface area contributed by atoms with Crippen LogP contribution in [0.3, 0.4) is 0 Å². The average molecular weight is 332 g/mol. The number of nitrogens with zero attached hydrogens (tertiary/aromatic N) is 1. The van der Waals surface area contributed by atoms with Gasteiger partial charge in [-0.1, -0.05) is 30.3 Å². The van der Waals surface area contributed by atoms with E-state index in [2.05, 4.69) is 0 Å². The lowest BCUT2D eigenvalue weighted by Gasteiger charge is -2.25. The quantitative estimate of drug-likeness (QED) is 0.587. The summed E-state index contributed by atoms with van der Waals surface area (Å²) in [6, 6.07) is 13.8. The maximum Gasteiger partial charge on any atom is 0.245 e. The number of aliphatic hydroxyl groups excluding tert-OH is 1. The van der Waals surface area contributed by atoms with Gasteiger partial charge in [-0.05, 0) is 29.3 Å². The minimum atomic E-state index is -1.46. The molecule has 2 aromatic carbocycles. The molecule has 0 saturated heterocycles. The van der Waals surface area contributed by atoms with Crippen LogP contribution in [0.5, 0.6) is 0 Å². The predicted molar refractivity (Wildman–Crippen MR) is 85.0 cm³/mol. The van der Waals surface area contributed by atoms with Crippen LogP contribution in [-0.4, -0.2) is 20.4 Å². The molecule has 0 aliphatic carbocycles. The summed E-state index contributed by atoms with van der Waals surface area (Å²) in [5.41, 5.74) is 3.77.